The molecule has 0 spiro atoms. The van der Waals surface area contributed by atoms with Gasteiger partial charge in [-0.3, -0.25) is 0 Å². The highest BCUT2D eigenvalue weighted by Crippen LogP contribution is 2.25. The van der Waals surface area contributed by atoms with Crippen LogP contribution in [0.4, 0.5) is 5.69 Å². The van der Waals surface area contributed by atoms with E-state index in [0.29, 0.717) is 0 Å². The maximum atomic E-state index is 9.37. The van der Waals surface area contributed by atoms with Crippen molar-refractivity contribution >= 4 is 21.6 Å². The predicted octanol–water partition coefficient (Wildman–Crippen LogP) is 4.44. The minimum absolute atomic E-state index is 0.395. The third-order valence-corrected chi connectivity index (χ3v) is 3.91. The predicted molar refractivity (Wildman–Crippen MR) is 83.8 cm³/mol. The van der Waals surface area contributed by atoms with E-state index in [1.807, 2.05) is 49.4 Å². The number of anilines is 1. The summed E-state index contributed by atoms with van der Waals surface area (Å²) in [7, 11) is 1.62. The van der Waals surface area contributed by atoms with Crippen LogP contribution in [0.1, 0.15) is 17.2 Å². The van der Waals surface area contributed by atoms with Crippen molar-refractivity contribution in [1.29, 1.82) is 5.26 Å². The number of aryl methyl sites for hydroxylation is 1. The van der Waals surface area contributed by atoms with Gasteiger partial charge in [-0.05, 0) is 36.2 Å². The first-order chi connectivity index (χ1) is 9.63. The van der Waals surface area contributed by atoms with Crippen LogP contribution in [0.2, 0.25) is 0 Å². The van der Waals surface area contributed by atoms with E-state index >= 15 is 0 Å². The van der Waals surface area contributed by atoms with Crippen molar-refractivity contribution in [3.63, 3.8) is 0 Å². The molecule has 0 aliphatic heterocycles. The number of nitriles is 1. The summed E-state index contributed by atoms with van der Waals surface area (Å²) in [4.78, 5) is 0. The Morgan fingerprint density at radius 1 is 1.25 bits per heavy atom. The Labute approximate surface area is 127 Å². The molecule has 102 valence electrons. The molecule has 4 heteroatoms. The van der Waals surface area contributed by atoms with Gasteiger partial charge in [0.05, 0.1) is 13.2 Å². The number of benzene rings is 2. The van der Waals surface area contributed by atoms with E-state index in [1.54, 1.807) is 7.11 Å². The maximum Gasteiger partial charge on any atom is 0.140 e. The van der Waals surface area contributed by atoms with Crippen LogP contribution in [0, 0.1) is 18.3 Å². The molecule has 1 unspecified atom stereocenters. The molecular weight excluding hydrogens is 316 g/mol. The standard InChI is InChI=1S/C16H15BrN2O/c1-11-8-12(6-7-15(11)17)16(10-18)19-13-4-3-5-14(9-13)20-2/h3-9,16,19H,1-2H3. The first kappa shape index (κ1) is 14.4. The zero-order valence-corrected chi connectivity index (χ0v) is 12.9. The summed E-state index contributed by atoms with van der Waals surface area (Å²) < 4.78 is 6.22. The highest BCUT2D eigenvalue weighted by Gasteiger charge is 2.11. The molecule has 1 N–H and O–H groups in total. The van der Waals surface area contributed by atoms with E-state index in [0.717, 1.165) is 27.0 Å². The van der Waals surface area contributed by atoms with Gasteiger partial charge in [-0.2, -0.15) is 5.26 Å². The second kappa shape index (κ2) is 6.44. The van der Waals surface area contributed by atoms with Gasteiger partial charge in [0.25, 0.3) is 0 Å². The molecule has 2 aromatic rings. The lowest BCUT2D eigenvalue weighted by Crippen LogP contribution is -2.08. The van der Waals surface area contributed by atoms with Crippen LogP contribution in [0.5, 0.6) is 5.75 Å². The van der Waals surface area contributed by atoms with Crippen LogP contribution in [-0.4, -0.2) is 7.11 Å². The van der Waals surface area contributed by atoms with Gasteiger partial charge in [0.15, 0.2) is 0 Å². The Bertz CT molecular complexity index is 649. The number of hydrogen-bond donors (Lipinski definition) is 1. The molecule has 0 aromatic heterocycles. The second-order valence-electron chi connectivity index (χ2n) is 4.45. The summed E-state index contributed by atoms with van der Waals surface area (Å²) in [6.45, 7) is 2.01. The third-order valence-electron chi connectivity index (χ3n) is 3.03. The van der Waals surface area contributed by atoms with Gasteiger partial charge >= 0.3 is 0 Å². The topological polar surface area (TPSA) is 45.0 Å². The molecule has 0 aliphatic rings. The smallest absolute Gasteiger partial charge is 0.140 e. The van der Waals surface area contributed by atoms with E-state index in [1.165, 1.54) is 0 Å². The fraction of sp³-hybridized carbons (Fsp3) is 0.188. The Balaban J connectivity index is 2.24. The Morgan fingerprint density at radius 3 is 2.70 bits per heavy atom. The molecule has 20 heavy (non-hydrogen) atoms. The minimum atomic E-state index is -0.395. The van der Waals surface area contributed by atoms with Crippen molar-refractivity contribution in [2.24, 2.45) is 0 Å². The number of methoxy groups -OCH3 is 1. The van der Waals surface area contributed by atoms with Crippen LogP contribution < -0.4 is 10.1 Å². The SMILES string of the molecule is COc1cccc(NC(C#N)c2ccc(Br)c(C)c2)c1. The molecule has 3 nitrogen and oxygen atoms in total. The monoisotopic (exact) mass is 330 g/mol. The average molecular weight is 331 g/mol. The zero-order chi connectivity index (χ0) is 14.5. The molecule has 0 fully saturated rings. The summed E-state index contributed by atoms with van der Waals surface area (Å²) in [6, 6.07) is 15.3. The van der Waals surface area contributed by atoms with Crippen LogP contribution >= 0.6 is 15.9 Å². The fourth-order valence-corrected chi connectivity index (χ4v) is 2.16. The Morgan fingerprint density at radius 2 is 2.05 bits per heavy atom. The van der Waals surface area contributed by atoms with E-state index in [9.17, 15) is 5.26 Å². The minimum Gasteiger partial charge on any atom is -0.497 e. The highest BCUT2D eigenvalue weighted by atomic mass is 79.9. The number of ether oxygens (including phenoxy) is 1. The van der Waals surface area contributed by atoms with Crippen LogP contribution in [0.3, 0.4) is 0 Å². The van der Waals surface area contributed by atoms with Gasteiger partial charge in [0.2, 0.25) is 0 Å². The third kappa shape index (κ3) is 3.31. The Kier molecular flexibility index (Phi) is 4.65. The summed E-state index contributed by atoms with van der Waals surface area (Å²) in [5, 5.41) is 12.6. The first-order valence-electron chi connectivity index (χ1n) is 6.20. The number of hydrogen-bond acceptors (Lipinski definition) is 3. The summed E-state index contributed by atoms with van der Waals surface area (Å²) in [6.07, 6.45) is 0. The van der Waals surface area contributed by atoms with Gasteiger partial charge in [0, 0.05) is 16.2 Å². The largest absolute Gasteiger partial charge is 0.497 e. The summed E-state index contributed by atoms with van der Waals surface area (Å²) >= 11 is 3.47. The normalized spacial score (nSPS) is 11.5. The molecule has 0 amide bonds. The molecule has 1 atom stereocenters. The van der Waals surface area contributed by atoms with E-state index in [2.05, 4.69) is 27.3 Å². The average Bonchev–Trinajstić information content (AvgIpc) is 2.48. The first-order valence-corrected chi connectivity index (χ1v) is 6.99. The lowest BCUT2D eigenvalue weighted by Gasteiger charge is -2.15. The van der Waals surface area contributed by atoms with E-state index in [4.69, 9.17) is 4.74 Å². The van der Waals surface area contributed by atoms with Crippen molar-refractivity contribution in [2.75, 3.05) is 12.4 Å². The van der Waals surface area contributed by atoms with Crippen molar-refractivity contribution in [3.05, 3.63) is 58.1 Å². The molecule has 2 aromatic carbocycles. The number of halogens is 1. The van der Waals surface area contributed by atoms with Crippen LogP contribution in [-0.2, 0) is 0 Å². The van der Waals surface area contributed by atoms with Gasteiger partial charge in [-0.15, -0.1) is 0 Å². The maximum absolute atomic E-state index is 9.37. The Hall–Kier alpha value is -1.99. The second-order valence-corrected chi connectivity index (χ2v) is 5.30. The summed E-state index contributed by atoms with van der Waals surface area (Å²) in [5.41, 5.74) is 2.91. The number of nitrogens with one attached hydrogen (secondary N) is 1. The lowest BCUT2D eigenvalue weighted by atomic mass is 10.1. The molecule has 0 saturated carbocycles. The van der Waals surface area contributed by atoms with E-state index in [-0.39, 0.29) is 0 Å². The van der Waals surface area contributed by atoms with Gasteiger partial charge in [-0.25, -0.2) is 0 Å². The molecule has 0 saturated heterocycles. The summed E-state index contributed by atoms with van der Waals surface area (Å²) in [5.74, 6) is 0.763. The molecule has 0 radical (unpaired) electrons. The lowest BCUT2D eigenvalue weighted by molar-refractivity contribution is 0.415. The zero-order valence-electron chi connectivity index (χ0n) is 11.4. The number of nitrogens with zero attached hydrogens (tertiary/aromatic N) is 1. The fourth-order valence-electron chi connectivity index (χ4n) is 1.92. The van der Waals surface area contributed by atoms with Crippen molar-refractivity contribution in [1.82, 2.24) is 0 Å². The molecule has 0 aliphatic carbocycles. The highest BCUT2D eigenvalue weighted by molar-refractivity contribution is 9.10. The van der Waals surface area contributed by atoms with Crippen LogP contribution in [0.15, 0.2) is 46.9 Å². The van der Waals surface area contributed by atoms with Crippen molar-refractivity contribution in [3.8, 4) is 11.8 Å². The molecule has 0 bridgehead atoms. The van der Waals surface area contributed by atoms with Gasteiger partial charge < -0.3 is 10.1 Å². The van der Waals surface area contributed by atoms with Crippen molar-refractivity contribution in [2.45, 2.75) is 13.0 Å². The van der Waals surface area contributed by atoms with E-state index < -0.39 is 6.04 Å². The molecule has 0 heterocycles. The van der Waals surface area contributed by atoms with Gasteiger partial charge in [-0.1, -0.05) is 34.1 Å². The van der Waals surface area contributed by atoms with Crippen LogP contribution in [0.25, 0.3) is 0 Å². The molecular formula is C16H15BrN2O. The molecule has 2 rings (SSSR count). The van der Waals surface area contributed by atoms with Crippen molar-refractivity contribution < 1.29 is 4.74 Å². The number of rotatable bonds is 4. The quantitative estimate of drug-likeness (QED) is 0.901. The van der Waals surface area contributed by atoms with Gasteiger partial charge in [0.1, 0.15) is 11.8 Å².